The van der Waals surface area contributed by atoms with Crippen LogP contribution in [-0.4, -0.2) is 43.3 Å². The average Bonchev–Trinajstić information content (AvgIpc) is 2.61. The van der Waals surface area contributed by atoms with Crippen molar-refractivity contribution < 1.29 is 23.1 Å². The van der Waals surface area contributed by atoms with Gasteiger partial charge >= 0.3 is 13.8 Å². The predicted molar refractivity (Wildman–Crippen MR) is 102 cm³/mol. The minimum atomic E-state index is -3.31. The molecule has 7 nitrogen and oxygen atoms in total. The van der Waals surface area contributed by atoms with Gasteiger partial charge in [-0.05, 0) is 39.7 Å². The Hall–Kier alpha value is -1.40. The molecule has 0 aromatic heterocycles. The van der Waals surface area contributed by atoms with E-state index in [2.05, 4.69) is 5.09 Å². The second-order valence-electron chi connectivity index (χ2n) is 5.77. The molecule has 0 aliphatic carbocycles. The lowest BCUT2D eigenvalue weighted by atomic mass is 10.2. The Morgan fingerprint density at radius 1 is 1.15 bits per heavy atom. The van der Waals surface area contributed by atoms with Gasteiger partial charge in [0.25, 0.3) is 0 Å². The van der Waals surface area contributed by atoms with Crippen LogP contribution in [0.5, 0.6) is 0 Å². The fraction of sp³-hybridized carbons (Fsp3) is 0.611. The maximum absolute atomic E-state index is 12.5. The highest BCUT2D eigenvalue weighted by Crippen LogP contribution is 2.44. The molecule has 8 heteroatoms. The molecule has 1 atom stereocenters. The topological polar surface area (TPSA) is 77.1 Å². The fourth-order valence-electron chi connectivity index (χ4n) is 2.32. The Kier molecular flexibility index (Phi) is 10.5. The third kappa shape index (κ3) is 8.32. The van der Waals surface area contributed by atoms with Crippen molar-refractivity contribution in [2.75, 3.05) is 26.3 Å². The number of nitrogens with zero attached hydrogens (tertiary/aromatic N) is 1. The van der Waals surface area contributed by atoms with Gasteiger partial charge in [-0.3, -0.25) is 9.05 Å². The quantitative estimate of drug-likeness (QED) is 0.543. The Morgan fingerprint density at radius 2 is 1.77 bits per heavy atom. The van der Waals surface area contributed by atoms with Crippen LogP contribution in [0.25, 0.3) is 0 Å². The second kappa shape index (κ2) is 12.1. The molecule has 1 aromatic carbocycles. The molecule has 0 radical (unpaired) electrons. The van der Waals surface area contributed by atoms with E-state index in [0.717, 1.165) is 5.56 Å². The molecule has 0 spiro atoms. The van der Waals surface area contributed by atoms with Crippen molar-refractivity contribution in [3.05, 3.63) is 35.9 Å². The van der Waals surface area contributed by atoms with Crippen molar-refractivity contribution in [3.8, 4) is 0 Å². The summed E-state index contributed by atoms with van der Waals surface area (Å²) in [5, 5.41) is 2.90. The highest BCUT2D eigenvalue weighted by molar-refractivity contribution is 7.51. The van der Waals surface area contributed by atoms with Crippen LogP contribution in [0.3, 0.4) is 0 Å². The average molecular weight is 386 g/mol. The second-order valence-corrected chi connectivity index (χ2v) is 7.54. The zero-order valence-electron chi connectivity index (χ0n) is 16.1. The molecule has 1 unspecified atom stereocenters. The number of ether oxygens (including phenoxy) is 1. The van der Waals surface area contributed by atoms with E-state index in [1.54, 1.807) is 18.7 Å². The monoisotopic (exact) mass is 386 g/mol. The first-order valence-electron chi connectivity index (χ1n) is 9.06. The van der Waals surface area contributed by atoms with Gasteiger partial charge in [0.15, 0.2) is 0 Å². The molecule has 0 aliphatic rings. The summed E-state index contributed by atoms with van der Waals surface area (Å²) >= 11 is 0. The lowest BCUT2D eigenvalue weighted by Crippen LogP contribution is -2.36. The van der Waals surface area contributed by atoms with E-state index in [1.165, 1.54) is 0 Å². The first-order chi connectivity index (χ1) is 12.4. The number of rotatable bonds is 12. The van der Waals surface area contributed by atoms with Crippen molar-refractivity contribution in [1.29, 1.82) is 0 Å². The van der Waals surface area contributed by atoms with Crippen LogP contribution in [0.4, 0.5) is 4.79 Å². The van der Waals surface area contributed by atoms with Crippen LogP contribution in [0, 0.1) is 0 Å². The smallest absolute Gasteiger partial charge is 0.410 e. The largest absolute Gasteiger partial charge is 0.445 e. The lowest BCUT2D eigenvalue weighted by molar-refractivity contribution is 0.0968. The summed E-state index contributed by atoms with van der Waals surface area (Å²) in [4.78, 5) is 13.8. The summed E-state index contributed by atoms with van der Waals surface area (Å²) in [6, 6.07) is 9.41. The maximum atomic E-state index is 12.5. The molecule has 0 aliphatic heterocycles. The highest BCUT2D eigenvalue weighted by atomic mass is 31.2. The molecule has 1 rings (SSSR count). The van der Waals surface area contributed by atoms with E-state index in [0.29, 0.717) is 32.7 Å². The standard InChI is InChI=1S/C18H31N2O5P/c1-5-20(18(21)23-15-17-11-9-8-10-12-17)14-13-16(4)19-26(22,24-6-2)25-7-3/h8-12,16H,5-7,13-15H2,1-4H3,(H,19,22). The maximum Gasteiger partial charge on any atom is 0.410 e. The molecule has 1 aromatic rings. The minimum absolute atomic E-state index is 0.144. The molecule has 1 N–H and O–H groups in total. The van der Waals surface area contributed by atoms with Gasteiger partial charge in [-0.25, -0.2) is 14.4 Å². The van der Waals surface area contributed by atoms with E-state index >= 15 is 0 Å². The predicted octanol–water partition coefficient (Wildman–Crippen LogP) is 4.19. The SMILES string of the molecule is CCOP(=O)(NC(C)CCN(CC)C(=O)OCc1ccccc1)OCC. The molecule has 0 heterocycles. The summed E-state index contributed by atoms with van der Waals surface area (Å²) in [6.07, 6.45) is 0.236. The Balaban J connectivity index is 2.46. The first-order valence-corrected chi connectivity index (χ1v) is 10.6. The first kappa shape index (κ1) is 22.6. The summed E-state index contributed by atoms with van der Waals surface area (Å²) in [5.74, 6) is 0. The van der Waals surface area contributed by atoms with Crippen LogP contribution < -0.4 is 5.09 Å². The number of carbonyl (C=O) groups is 1. The zero-order chi connectivity index (χ0) is 19.4. The summed E-state index contributed by atoms with van der Waals surface area (Å²) in [6.45, 7) is 9.16. The molecule has 1 amide bonds. The van der Waals surface area contributed by atoms with Crippen molar-refractivity contribution in [2.24, 2.45) is 0 Å². The molecule has 0 saturated carbocycles. The molecule has 0 fully saturated rings. The Morgan fingerprint density at radius 3 is 2.31 bits per heavy atom. The Labute approximate surface area is 156 Å². The number of benzene rings is 1. The highest BCUT2D eigenvalue weighted by Gasteiger charge is 2.26. The van der Waals surface area contributed by atoms with Crippen molar-refractivity contribution in [2.45, 2.75) is 46.8 Å². The normalized spacial score (nSPS) is 12.6. The van der Waals surface area contributed by atoms with Crippen LogP contribution >= 0.6 is 7.75 Å². The van der Waals surface area contributed by atoms with Gasteiger partial charge in [0, 0.05) is 19.1 Å². The minimum Gasteiger partial charge on any atom is -0.445 e. The zero-order valence-corrected chi connectivity index (χ0v) is 17.0. The van der Waals surface area contributed by atoms with Gasteiger partial charge < -0.3 is 9.64 Å². The molecule has 26 heavy (non-hydrogen) atoms. The van der Waals surface area contributed by atoms with E-state index in [1.807, 2.05) is 44.2 Å². The van der Waals surface area contributed by atoms with Crippen LogP contribution in [0.1, 0.15) is 39.7 Å². The molecular weight excluding hydrogens is 355 g/mol. The van der Waals surface area contributed by atoms with Gasteiger partial charge in [-0.2, -0.15) is 0 Å². The summed E-state index contributed by atoms with van der Waals surface area (Å²) in [5.41, 5.74) is 0.946. The van der Waals surface area contributed by atoms with Gasteiger partial charge in [0.05, 0.1) is 13.2 Å². The van der Waals surface area contributed by atoms with Crippen molar-refractivity contribution in [3.63, 3.8) is 0 Å². The van der Waals surface area contributed by atoms with Gasteiger partial charge in [-0.15, -0.1) is 0 Å². The number of carbonyl (C=O) groups excluding carboxylic acids is 1. The molecule has 148 valence electrons. The number of nitrogens with one attached hydrogen (secondary N) is 1. The van der Waals surface area contributed by atoms with Crippen molar-refractivity contribution >= 4 is 13.8 Å². The Bertz CT molecular complexity index is 560. The van der Waals surface area contributed by atoms with E-state index in [4.69, 9.17) is 13.8 Å². The van der Waals surface area contributed by atoms with Gasteiger partial charge in [-0.1, -0.05) is 30.3 Å². The molecular formula is C18H31N2O5P. The van der Waals surface area contributed by atoms with Crippen LogP contribution in [-0.2, 0) is 25.0 Å². The van der Waals surface area contributed by atoms with E-state index in [9.17, 15) is 9.36 Å². The number of hydrogen-bond acceptors (Lipinski definition) is 5. The fourth-order valence-corrected chi connectivity index (χ4v) is 3.90. The lowest BCUT2D eigenvalue weighted by Gasteiger charge is -2.25. The molecule has 0 bridgehead atoms. The van der Waals surface area contributed by atoms with Gasteiger partial charge in [0.2, 0.25) is 0 Å². The third-order valence-electron chi connectivity index (χ3n) is 3.65. The van der Waals surface area contributed by atoms with E-state index in [-0.39, 0.29) is 18.7 Å². The van der Waals surface area contributed by atoms with Crippen LogP contribution in [0.2, 0.25) is 0 Å². The van der Waals surface area contributed by atoms with Gasteiger partial charge in [0.1, 0.15) is 6.61 Å². The third-order valence-corrected chi connectivity index (χ3v) is 5.61. The van der Waals surface area contributed by atoms with E-state index < -0.39 is 7.75 Å². The van der Waals surface area contributed by atoms with Crippen molar-refractivity contribution in [1.82, 2.24) is 9.99 Å². The number of amides is 1. The molecule has 0 saturated heterocycles. The summed E-state index contributed by atoms with van der Waals surface area (Å²) in [7, 11) is -3.31. The van der Waals surface area contributed by atoms with Crippen LogP contribution in [0.15, 0.2) is 30.3 Å². The number of hydrogen-bond donors (Lipinski definition) is 1. The summed E-state index contributed by atoms with van der Waals surface area (Å²) < 4.78 is 28.3.